The Labute approximate surface area is 202 Å². The number of halogens is 2. The molecule has 0 radical (unpaired) electrons. The number of ether oxygens (including phenoxy) is 3. The second-order valence-corrected chi connectivity index (χ2v) is 8.28. The van der Waals surface area contributed by atoms with Crippen molar-refractivity contribution < 1.29 is 23.8 Å². The van der Waals surface area contributed by atoms with Gasteiger partial charge in [0, 0.05) is 28.7 Å². The van der Waals surface area contributed by atoms with E-state index in [1.807, 2.05) is 0 Å². The summed E-state index contributed by atoms with van der Waals surface area (Å²) in [6, 6.07) is 13.4. The Balaban J connectivity index is 1.52. The molecule has 1 fully saturated rings. The van der Waals surface area contributed by atoms with Crippen molar-refractivity contribution in [3.63, 3.8) is 0 Å². The molecule has 1 aromatic heterocycles. The fourth-order valence-corrected chi connectivity index (χ4v) is 3.71. The topological polar surface area (TPSA) is 117 Å². The first-order chi connectivity index (χ1) is 16.3. The maximum Gasteiger partial charge on any atom is 0.338 e. The van der Waals surface area contributed by atoms with Crippen molar-refractivity contribution in [3.05, 3.63) is 103 Å². The number of nitrogens with one attached hydrogen (secondary N) is 1. The van der Waals surface area contributed by atoms with E-state index < -0.39 is 41.6 Å². The average Bonchev–Trinajstić information content (AvgIpc) is 3.20. The summed E-state index contributed by atoms with van der Waals surface area (Å²) in [5.41, 5.74) is -0.752. The van der Waals surface area contributed by atoms with Crippen molar-refractivity contribution in [2.45, 2.75) is 24.9 Å². The van der Waals surface area contributed by atoms with E-state index in [9.17, 15) is 19.2 Å². The van der Waals surface area contributed by atoms with Gasteiger partial charge in [0.25, 0.3) is 5.56 Å². The van der Waals surface area contributed by atoms with Gasteiger partial charge in [0.2, 0.25) is 0 Å². The summed E-state index contributed by atoms with van der Waals surface area (Å²) in [7, 11) is 0. The summed E-state index contributed by atoms with van der Waals surface area (Å²) in [5, 5.41) is 0.918. The Bertz CT molecular complexity index is 1270. The van der Waals surface area contributed by atoms with Crippen LogP contribution in [0.4, 0.5) is 0 Å². The summed E-state index contributed by atoms with van der Waals surface area (Å²) in [4.78, 5) is 51.9. The Morgan fingerprint density at radius 2 is 1.53 bits per heavy atom. The van der Waals surface area contributed by atoms with Gasteiger partial charge in [0.15, 0.2) is 0 Å². The van der Waals surface area contributed by atoms with Gasteiger partial charge in [-0.15, -0.1) is 0 Å². The molecule has 0 amide bonds. The van der Waals surface area contributed by atoms with Crippen LogP contribution in [0.5, 0.6) is 0 Å². The van der Waals surface area contributed by atoms with E-state index >= 15 is 0 Å². The lowest BCUT2D eigenvalue weighted by Crippen LogP contribution is -2.37. The molecule has 3 aromatic rings. The van der Waals surface area contributed by atoms with Crippen LogP contribution in [0.1, 0.15) is 33.4 Å². The molecule has 4 rings (SSSR count). The largest absolute Gasteiger partial charge is 0.459 e. The Hall–Kier alpha value is -3.40. The highest BCUT2D eigenvalue weighted by atomic mass is 35.5. The molecule has 0 spiro atoms. The van der Waals surface area contributed by atoms with Crippen LogP contribution in [0.3, 0.4) is 0 Å². The highest BCUT2D eigenvalue weighted by molar-refractivity contribution is 6.31. The maximum absolute atomic E-state index is 12.6. The molecule has 3 atom stereocenters. The summed E-state index contributed by atoms with van der Waals surface area (Å²) in [6.07, 6.45) is -1.64. The molecule has 2 heterocycles. The molecule has 2 aromatic carbocycles. The molecule has 0 bridgehead atoms. The number of hydrogen-bond donors (Lipinski definition) is 1. The highest BCUT2D eigenvalue weighted by Gasteiger charge is 2.41. The standard InChI is InChI=1S/C23H18Cl2N2O7/c24-15-5-1-13(2-6-15)21(29)32-12-18-17(34-22(30)14-3-7-16(25)8-4-14)11-20(33-18)27-19(28)9-10-26-23(27)31/h1-10,17-18,20H,11-12H2,(H,26,31)/t17?,18-,20-/m1/s1. The second-order valence-electron chi connectivity index (χ2n) is 7.41. The van der Waals surface area contributed by atoms with E-state index in [0.29, 0.717) is 10.0 Å². The predicted octanol–water partition coefficient (Wildman–Crippen LogP) is 3.21. The molecule has 11 heteroatoms. The molecule has 176 valence electrons. The van der Waals surface area contributed by atoms with Crippen LogP contribution in [0.15, 0.2) is 70.4 Å². The number of carbonyl (C=O) groups is 2. The zero-order chi connectivity index (χ0) is 24.2. The molecular formula is C23H18Cl2N2O7. The van der Waals surface area contributed by atoms with E-state index in [4.69, 9.17) is 37.4 Å². The number of benzene rings is 2. The molecular weight excluding hydrogens is 487 g/mol. The highest BCUT2D eigenvalue weighted by Crippen LogP contribution is 2.30. The van der Waals surface area contributed by atoms with Gasteiger partial charge in [-0.25, -0.2) is 19.0 Å². The predicted molar refractivity (Wildman–Crippen MR) is 122 cm³/mol. The number of H-pyrrole nitrogens is 1. The second kappa shape index (κ2) is 10.3. The molecule has 1 aliphatic rings. The number of aromatic nitrogens is 2. The normalized spacial score (nSPS) is 19.5. The Kier molecular flexibility index (Phi) is 7.16. The minimum Gasteiger partial charge on any atom is -0.459 e. The fourth-order valence-electron chi connectivity index (χ4n) is 3.46. The van der Waals surface area contributed by atoms with Crippen molar-refractivity contribution in [2.75, 3.05) is 6.61 Å². The number of hydrogen-bond acceptors (Lipinski definition) is 7. The van der Waals surface area contributed by atoms with Crippen LogP contribution >= 0.6 is 23.2 Å². The third-order valence-electron chi connectivity index (χ3n) is 5.15. The van der Waals surface area contributed by atoms with E-state index in [1.165, 1.54) is 36.5 Å². The SMILES string of the molecule is O=C(OC[C@H]1O[C@@H](n2c(=O)cc[nH]c2=O)CC1OC(=O)c1ccc(Cl)cc1)c1ccc(Cl)cc1. The number of aromatic amines is 1. The van der Waals surface area contributed by atoms with Crippen LogP contribution in [-0.2, 0) is 14.2 Å². The summed E-state index contributed by atoms with van der Waals surface area (Å²) < 4.78 is 17.6. The molecule has 1 saturated heterocycles. The number of nitrogens with zero attached hydrogens (tertiary/aromatic N) is 1. The molecule has 9 nitrogen and oxygen atoms in total. The van der Waals surface area contributed by atoms with E-state index in [0.717, 1.165) is 4.57 Å². The van der Waals surface area contributed by atoms with Gasteiger partial charge in [-0.2, -0.15) is 0 Å². The molecule has 1 unspecified atom stereocenters. The van der Waals surface area contributed by atoms with Crippen molar-refractivity contribution in [1.82, 2.24) is 9.55 Å². The lowest BCUT2D eigenvalue weighted by molar-refractivity contribution is -0.0589. The molecule has 1 aliphatic heterocycles. The number of rotatable bonds is 6. The van der Waals surface area contributed by atoms with Crippen molar-refractivity contribution in [2.24, 2.45) is 0 Å². The van der Waals surface area contributed by atoms with E-state index in [2.05, 4.69) is 4.98 Å². The average molecular weight is 505 g/mol. The van der Waals surface area contributed by atoms with Gasteiger partial charge in [-0.3, -0.25) is 4.79 Å². The maximum atomic E-state index is 12.6. The van der Waals surface area contributed by atoms with Gasteiger partial charge in [-0.1, -0.05) is 23.2 Å². The first-order valence-electron chi connectivity index (χ1n) is 10.2. The van der Waals surface area contributed by atoms with Crippen molar-refractivity contribution >= 4 is 35.1 Å². The molecule has 0 saturated carbocycles. The summed E-state index contributed by atoms with van der Waals surface area (Å²) in [6.45, 7) is -0.282. The minimum absolute atomic E-state index is 0.00447. The summed E-state index contributed by atoms with van der Waals surface area (Å²) >= 11 is 11.7. The van der Waals surface area contributed by atoms with Gasteiger partial charge in [0.05, 0.1) is 11.1 Å². The van der Waals surface area contributed by atoms with Gasteiger partial charge in [-0.05, 0) is 48.5 Å². The van der Waals surface area contributed by atoms with Crippen LogP contribution in [-0.4, -0.2) is 40.3 Å². The monoisotopic (exact) mass is 504 g/mol. The first-order valence-corrected chi connectivity index (χ1v) is 10.9. The Morgan fingerprint density at radius 1 is 0.941 bits per heavy atom. The molecule has 1 N–H and O–H groups in total. The van der Waals surface area contributed by atoms with Gasteiger partial charge >= 0.3 is 17.6 Å². The zero-order valence-corrected chi connectivity index (χ0v) is 19.0. The molecule has 0 aliphatic carbocycles. The smallest absolute Gasteiger partial charge is 0.338 e. The number of carbonyl (C=O) groups excluding carboxylic acids is 2. The van der Waals surface area contributed by atoms with Crippen LogP contribution in [0, 0.1) is 0 Å². The summed E-state index contributed by atoms with van der Waals surface area (Å²) in [5.74, 6) is -1.30. The van der Waals surface area contributed by atoms with Crippen molar-refractivity contribution in [1.29, 1.82) is 0 Å². The lowest BCUT2D eigenvalue weighted by atomic mass is 10.1. The van der Waals surface area contributed by atoms with Gasteiger partial charge < -0.3 is 19.2 Å². The van der Waals surface area contributed by atoms with E-state index in [1.54, 1.807) is 24.3 Å². The van der Waals surface area contributed by atoms with Crippen LogP contribution in [0.2, 0.25) is 10.0 Å². The Morgan fingerprint density at radius 3 is 2.12 bits per heavy atom. The molecule has 34 heavy (non-hydrogen) atoms. The van der Waals surface area contributed by atoms with Gasteiger partial charge in [0.1, 0.15) is 25.0 Å². The van der Waals surface area contributed by atoms with Crippen molar-refractivity contribution in [3.8, 4) is 0 Å². The van der Waals surface area contributed by atoms with Crippen LogP contribution < -0.4 is 11.2 Å². The zero-order valence-electron chi connectivity index (χ0n) is 17.5. The quantitative estimate of drug-likeness (QED) is 0.512. The van der Waals surface area contributed by atoms with E-state index in [-0.39, 0.29) is 24.2 Å². The number of esters is 2. The third kappa shape index (κ3) is 5.39. The first kappa shape index (κ1) is 23.7. The van der Waals surface area contributed by atoms with Crippen LogP contribution in [0.25, 0.3) is 0 Å². The fraction of sp³-hybridized carbons (Fsp3) is 0.217. The third-order valence-corrected chi connectivity index (χ3v) is 5.66. The minimum atomic E-state index is -1.03. The lowest BCUT2D eigenvalue weighted by Gasteiger charge is -2.19.